The highest BCUT2D eigenvalue weighted by Crippen LogP contribution is 2.17. The van der Waals surface area contributed by atoms with Crippen molar-refractivity contribution in [3.05, 3.63) is 27.3 Å². The second-order valence-corrected chi connectivity index (χ2v) is 5.94. The minimum Gasteiger partial charge on any atom is -0.383 e. The maximum atomic E-state index is 12.2. The Bertz CT molecular complexity index is 514. The third kappa shape index (κ3) is 5.90. The van der Waals surface area contributed by atoms with Crippen molar-refractivity contribution in [1.82, 2.24) is 4.90 Å². The molecule has 0 saturated heterocycles. The third-order valence-electron chi connectivity index (χ3n) is 3.05. The van der Waals surface area contributed by atoms with Crippen molar-refractivity contribution >= 4 is 40.1 Å². The van der Waals surface area contributed by atoms with E-state index < -0.39 is 11.8 Å². The number of methoxy groups -OCH3 is 2. The number of hydrogen-bond acceptors (Lipinski definition) is 4. The molecular formula is C15H21IN2O4. The molecule has 1 rings (SSSR count). The van der Waals surface area contributed by atoms with Crippen LogP contribution in [0.3, 0.4) is 0 Å². The molecule has 0 unspecified atom stereocenters. The Morgan fingerprint density at radius 2 is 1.77 bits per heavy atom. The SMILES string of the molecule is COCCN(CCOC)C(=O)C(=O)Nc1ccc(I)cc1C. The third-order valence-corrected chi connectivity index (χ3v) is 3.72. The van der Waals surface area contributed by atoms with Crippen LogP contribution in [0.15, 0.2) is 18.2 Å². The Labute approximate surface area is 144 Å². The average Bonchev–Trinajstić information content (AvgIpc) is 2.49. The molecule has 0 bridgehead atoms. The van der Waals surface area contributed by atoms with Crippen LogP contribution in [0.2, 0.25) is 0 Å². The molecule has 0 aliphatic rings. The molecule has 1 aromatic rings. The summed E-state index contributed by atoms with van der Waals surface area (Å²) >= 11 is 2.19. The Morgan fingerprint density at radius 1 is 1.18 bits per heavy atom. The number of benzene rings is 1. The van der Waals surface area contributed by atoms with Gasteiger partial charge in [-0.1, -0.05) is 0 Å². The van der Waals surface area contributed by atoms with E-state index in [2.05, 4.69) is 27.9 Å². The van der Waals surface area contributed by atoms with Crippen molar-refractivity contribution in [2.24, 2.45) is 0 Å². The van der Waals surface area contributed by atoms with E-state index in [1.54, 1.807) is 20.3 Å². The zero-order valence-electron chi connectivity index (χ0n) is 13.0. The number of nitrogens with one attached hydrogen (secondary N) is 1. The van der Waals surface area contributed by atoms with Crippen molar-refractivity contribution < 1.29 is 19.1 Å². The molecule has 6 nitrogen and oxygen atoms in total. The average molecular weight is 420 g/mol. The van der Waals surface area contributed by atoms with Gasteiger partial charge in [0, 0.05) is 36.6 Å². The van der Waals surface area contributed by atoms with Crippen LogP contribution in [0.1, 0.15) is 5.56 Å². The molecule has 122 valence electrons. The van der Waals surface area contributed by atoms with Gasteiger partial charge < -0.3 is 19.7 Å². The highest BCUT2D eigenvalue weighted by molar-refractivity contribution is 14.1. The fourth-order valence-electron chi connectivity index (χ4n) is 1.80. The molecule has 0 fully saturated rings. The summed E-state index contributed by atoms with van der Waals surface area (Å²) in [6.45, 7) is 3.31. The highest BCUT2D eigenvalue weighted by Gasteiger charge is 2.22. The monoisotopic (exact) mass is 420 g/mol. The molecule has 0 aromatic heterocycles. The van der Waals surface area contributed by atoms with Gasteiger partial charge in [0.1, 0.15) is 0 Å². The number of ether oxygens (including phenoxy) is 2. The van der Waals surface area contributed by atoms with Gasteiger partial charge in [0.05, 0.1) is 13.2 Å². The first kappa shape index (κ1) is 18.9. The Balaban J connectivity index is 2.73. The van der Waals surface area contributed by atoms with E-state index in [0.717, 1.165) is 9.13 Å². The zero-order valence-corrected chi connectivity index (χ0v) is 15.2. The van der Waals surface area contributed by atoms with Gasteiger partial charge >= 0.3 is 11.8 Å². The Kier molecular flexibility index (Phi) is 8.36. The van der Waals surface area contributed by atoms with Crippen LogP contribution in [0.5, 0.6) is 0 Å². The molecule has 0 spiro atoms. The van der Waals surface area contributed by atoms with Crippen molar-refractivity contribution in [1.29, 1.82) is 0 Å². The Morgan fingerprint density at radius 3 is 2.27 bits per heavy atom. The number of aryl methyl sites for hydroxylation is 1. The molecule has 22 heavy (non-hydrogen) atoms. The smallest absolute Gasteiger partial charge is 0.313 e. The van der Waals surface area contributed by atoms with E-state index >= 15 is 0 Å². The second-order valence-electron chi connectivity index (χ2n) is 4.69. The van der Waals surface area contributed by atoms with Gasteiger partial charge in [-0.3, -0.25) is 9.59 Å². The number of amides is 2. The first-order valence-electron chi connectivity index (χ1n) is 6.84. The predicted molar refractivity (Wildman–Crippen MR) is 92.9 cm³/mol. The molecule has 1 aromatic carbocycles. The summed E-state index contributed by atoms with van der Waals surface area (Å²) in [4.78, 5) is 25.8. The van der Waals surface area contributed by atoms with E-state index in [1.165, 1.54) is 4.90 Å². The van der Waals surface area contributed by atoms with Gasteiger partial charge in [0.2, 0.25) is 0 Å². The lowest BCUT2D eigenvalue weighted by Gasteiger charge is -2.21. The molecule has 0 aliphatic heterocycles. The highest BCUT2D eigenvalue weighted by atomic mass is 127. The van der Waals surface area contributed by atoms with Crippen molar-refractivity contribution in [3.63, 3.8) is 0 Å². The standard InChI is InChI=1S/C15H21IN2O4/c1-11-10-12(16)4-5-13(11)17-14(19)15(20)18(6-8-21-2)7-9-22-3/h4-5,10H,6-9H2,1-3H3,(H,17,19). The van der Waals surface area contributed by atoms with Crippen molar-refractivity contribution in [2.45, 2.75) is 6.92 Å². The maximum Gasteiger partial charge on any atom is 0.313 e. The molecule has 1 N–H and O–H groups in total. The van der Waals surface area contributed by atoms with Crippen LogP contribution in [-0.4, -0.2) is 57.2 Å². The molecule has 0 saturated carbocycles. The van der Waals surface area contributed by atoms with Crippen LogP contribution >= 0.6 is 22.6 Å². The number of rotatable bonds is 7. The van der Waals surface area contributed by atoms with Crippen molar-refractivity contribution in [2.75, 3.05) is 45.8 Å². The fraction of sp³-hybridized carbons (Fsp3) is 0.467. The summed E-state index contributed by atoms with van der Waals surface area (Å²) < 4.78 is 11.0. The van der Waals surface area contributed by atoms with Crippen LogP contribution in [0, 0.1) is 10.5 Å². The van der Waals surface area contributed by atoms with E-state index in [-0.39, 0.29) is 0 Å². The van der Waals surface area contributed by atoms with E-state index in [1.807, 2.05) is 19.1 Å². The number of hydrogen-bond donors (Lipinski definition) is 1. The van der Waals surface area contributed by atoms with Gasteiger partial charge in [0.25, 0.3) is 0 Å². The lowest BCUT2D eigenvalue weighted by molar-refractivity contribution is -0.144. The lowest BCUT2D eigenvalue weighted by Crippen LogP contribution is -2.43. The summed E-state index contributed by atoms with van der Waals surface area (Å²) in [6, 6.07) is 5.60. The minimum absolute atomic E-state index is 0.345. The van der Waals surface area contributed by atoms with E-state index in [4.69, 9.17) is 9.47 Å². The molecule has 0 aliphatic carbocycles. The van der Waals surface area contributed by atoms with Crippen LogP contribution < -0.4 is 5.32 Å². The summed E-state index contributed by atoms with van der Waals surface area (Å²) in [5.74, 6) is -1.25. The second kappa shape index (κ2) is 9.75. The van der Waals surface area contributed by atoms with Gasteiger partial charge in [-0.25, -0.2) is 0 Å². The topological polar surface area (TPSA) is 67.9 Å². The molecule has 7 heteroatoms. The number of carbonyl (C=O) groups is 2. The number of anilines is 1. The Hall–Kier alpha value is -1.19. The summed E-state index contributed by atoms with van der Waals surface area (Å²) in [5.41, 5.74) is 1.55. The lowest BCUT2D eigenvalue weighted by atomic mass is 10.2. The molecule has 2 amide bonds. The van der Waals surface area contributed by atoms with Gasteiger partial charge in [-0.15, -0.1) is 0 Å². The number of nitrogens with zero attached hydrogens (tertiary/aromatic N) is 1. The van der Waals surface area contributed by atoms with E-state index in [0.29, 0.717) is 32.0 Å². The summed E-state index contributed by atoms with van der Waals surface area (Å²) in [6.07, 6.45) is 0. The summed E-state index contributed by atoms with van der Waals surface area (Å²) in [7, 11) is 3.10. The fourth-order valence-corrected chi connectivity index (χ4v) is 2.45. The number of carbonyl (C=O) groups excluding carboxylic acids is 2. The molecule has 0 atom stereocenters. The van der Waals surface area contributed by atoms with Gasteiger partial charge in [-0.2, -0.15) is 0 Å². The van der Waals surface area contributed by atoms with Crippen LogP contribution in [-0.2, 0) is 19.1 Å². The first-order chi connectivity index (χ1) is 10.5. The van der Waals surface area contributed by atoms with Gasteiger partial charge in [0.15, 0.2) is 0 Å². The quantitative estimate of drug-likeness (QED) is 0.539. The van der Waals surface area contributed by atoms with Crippen LogP contribution in [0.4, 0.5) is 5.69 Å². The molecule has 0 radical (unpaired) electrons. The predicted octanol–water partition coefficient (Wildman–Crippen LogP) is 1.66. The normalized spacial score (nSPS) is 10.4. The molecular weight excluding hydrogens is 399 g/mol. The van der Waals surface area contributed by atoms with E-state index in [9.17, 15) is 9.59 Å². The van der Waals surface area contributed by atoms with Gasteiger partial charge in [-0.05, 0) is 53.3 Å². The number of halogens is 1. The van der Waals surface area contributed by atoms with Crippen molar-refractivity contribution in [3.8, 4) is 0 Å². The maximum absolute atomic E-state index is 12.2. The first-order valence-corrected chi connectivity index (χ1v) is 7.91. The molecule has 0 heterocycles. The zero-order chi connectivity index (χ0) is 16.5. The largest absolute Gasteiger partial charge is 0.383 e. The van der Waals surface area contributed by atoms with Crippen LogP contribution in [0.25, 0.3) is 0 Å². The summed E-state index contributed by atoms with van der Waals surface area (Å²) in [5, 5.41) is 2.66. The minimum atomic E-state index is -0.656.